The zero-order chi connectivity index (χ0) is 14.7. The normalized spacial score (nSPS) is 19.2. The Kier molecular flexibility index (Phi) is 4.31. The molecule has 2 N–H and O–H groups in total. The predicted octanol–water partition coefficient (Wildman–Crippen LogP) is 1.86. The summed E-state index contributed by atoms with van der Waals surface area (Å²) in [7, 11) is 1.65. The molecular formula is C16H21N3O2. The maximum atomic E-state index is 5.62. The van der Waals surface area contributed by atoms with E-state index in [-0.39, 0.29) is 6.10 Å². The van der Waals surface area contributed by atoms with E-state index in [1.807, 2.05) is 0 Å². The van der Waals surface area contributed by atoms with E-state index in [4.69, 9.17) is 15.0 Å². The zero-order valence-electron chi connectivity index (χ0n) is 12.3. The average molecular weight is 287 g/mol. The van der Waals surface area contributed by atoms with Gasteiger partial charge in [0.25, 0.3) is 0 Å². The van der Waals surface area contributed by atoms with Crippen LogP contribution in [0.15, 0.2) is 28.8 Å². The van der Waals surface area contributed by atoms with Gasteiger partial charge in [-0.3, -0.25) is 0 Å². The van der Waals surface area contributed by atoms with E-state index in [1.165, 1.54) is 11.1 Å². The second kappa shape index (κ2) is 6.37. The molecule has 3 rings (SSSR count). The summed E-state index contributed by atoms with van der Waals surface area (Å²) in [6.07, 6.45) is 3.64. The fourth-order valence-corrected chi connectivity index (χ4v) is 2.89. The highest BCUT2D eigenvalue weighted by Crippen LogP contribution is 2.31. The molecule has 0 spiro atoms. The minimum atomic E-state index is -0.0645. The van der Waals surface area contributed by atoms with Crippen molar-refractivity contribution in [3.05, 3.63) is 47.1 Å². The van der Waals surface area contributed by atoms with Crippen LogP contribution in [0.2, 0.25) is 0 Å². The van der Waals surface area contributed by atoms with Crippen LogP contribution in [0.3, 0.4) is 0 Å². The summed E-state index contributed by atoms with van der Waals surface area (Å²) >= 11 is 0. The number of aromatic nitrogens is 2. The van der Waals surface area contributed by atoms with Gasteiger partial charge in [0, 0.05) is 19.6 Å². The number of hydrogen-bond donors (Lipinski definition) is 1. The van der Waals surface area contributed by atoms with Gasteiger partial charge in [-0.25, -0.2) is 0 Å². The molecule has 2 unspecified atom stereocenters. The second-order valence-electron chi connectivity index (χ2n) is 5.55. The van der Waals surface area contributed by atoms with E-state index in [0.29, 0.717) is 24.8 Å². The topological polar surface area (TPSA) is 74.2 Å². The lowest BCUT2D eigenvalue weighted by Crippen LogP contribution is -2.24. The number of benzene rings is 1. The summed E-state index contributed by atoms with van der Waals surface area (Å²) < 4.78 is 10.6. The SMILES string of the molecule is COC(CN)Cc1nc(C2CCc3ccccc3C2)no1. The van der Waals surface area contributed by atoms with Crippen LogP contribution in [0.4, 0.5) is 0 Å². The molecule has 0 aliphatic heterocycles. The molecule has 2 aromatic rings. The van der Waals surface area contributed by atoms with Crippen LogP contribution >= 0.6 is 0 Å². The van der Waals surface area contributed by atoms with Crippen LogP contribution < -0.4 is 5.73 Å². The summed E-state index contributed by atoms with van der Waals surface area (Å²) in [4.78, 5) is 4.53. The lowest BCUT2D eigenvalue weighted by Gasteiger charge is -2.21. The first-order valence-electron chi connectivity index (χ1n) is 7.42. The molecule has 0 saturated carbocycles. The fourth-order valence-electron chi connectivity index (χ4n) is 2.89. The number of fused-ring (bicyclic) bond motifs is 1. The number of aryl methyl sites for hydroxylation is 1. The van der Waals surface area contributed by atoms with Crippen LogP contribution in [0.1, 0.15) is 35.2 Å². The molecule has 1 heterocycles. The van der Waals surface area contributed by atoms with Crippen molar-refractivity contribution in [2.45, 2.75) is 37.7 Å². The van der Waals surface area contributed by atoms with E-state index in [2.05, 4.69) is 34.4 Å². The molecule has 0 radical (unpaired) electrons. The minimum Gasteiger partial charge on any atom is -0.380 e. The Labute approximate surface area is 124 Å². The Morgan fingerprint density at radius 2 is 2.19 bits per heavy atom. The van der Waals surface area contributed by atoms with Crippen molar-refractivity contribution in [1.82, 2.24) is 10.1 Å². The molecule has 0 amide bonds. The molecule has 5 nitrogen and oxygen atoms in total. The lowest BCUT2D eigenvalue weighted by atomic mass is 9.83. The van der Waals surface area contributed by atoms with Gasteiger partial charge in [-0.2, -0.15) is 4.98 Å². The number of nitrogens with two attached hydrogens (primary N) is 1. The van der Waals surface area contributed by atoms with Crippen molar-refractivity contribution >= 4 is 0 Å². The molecule has 0 saturated heterocycles. The summed E-state index contributed by atoms with van der Waals surface area (Å²) in [5, 5.41) is 4.15. The van der Waals surface area contributed by atoms with Crippen molar-refractivity contribution in [2.75, 3.05) is 13.7 Å². The summed E-state index contributed by atoms with van der Waals surface area (Å²) in [5.41, 5.74) is 8.46. The molecule has 112 valence electrons. The highest BCUT2D eigenvalue weighted by atomic mass is 16.5. The van der Waals surface area contributed by atoms with Crippen molar-refractivity contribution in [3.8, 4) is 0 Å². The molecular weight excluding hydrogens is 266 g/mol. The Morgan fingerprint density at radius 1 is 1.38 bits per heavy atom. The van der Waals surface area contributed by atoms with Gasteiger partial charge < -0.3 is 15.0 Å². The monoisotopic (exact) mass is 287 g/mol. The quantitative estimate of drug-likeness (QED) is 0.908. The second-order valence-corrected chi connectivity index (χ2v) is 5.55. The third-order valence-corrected chi connectivity index (χ3v) is 4.19. The highest BCUT2D eigenvalue weighted by molar-refractivity contribution is 5.31. The smallest absolute Gasteiger partial charge is 0.229 e. The lowest BCUT2D eigenvalue weighted by molar-refractivity contribution is 0.102. The van der Waals surface area contributed by atoms with Gasteiger partial charge in [0.05, 0.1) is 12.5 Å². The van der Waals surface area contributed by atoms with E-state index < -0.39 is 0 Å². The van der Waals surface area contributed by atoms with Gasteiger partial charge in [-0.1, -0.05) is 29.4 Å². The van der Waals surface area contributed by atoms with Crippen LogP contribution in [0.25, 0.3) is 0 Å². The number of rotatable bonds is 5. The summed E-state index contributed by atoms with van der Waals surface area (Å²) in [5.74, 6) is 1.77. The molecule has 1 aliphatic rings. The van der Waals surface area contributed by atoms with Crippen molar-refractivity contribution in [2.24, 2.45) is 5.73 Å². The maximum absolute atomic E-state index is 5.62. The van der Waals surface area contributed by atoms with Crippen molar-refractivity contribution in [3.63, 3.8) is 0 Å². The summed E-state index contributed by atoms with van der Waals surface area (Å²) in [6, 6.07) is 8.59. The molecule has 5 heteroatoms. The van der Waals surface area contributed by atoms with Crippen LogP contribution in [0.5, 0.6) is 0 Å². The number of ether oxygens (including phenoxy) is 1. The third kappa shape index (κ3) is 3.14. The molecule has 1 aliphatic carbocycles. The first kappa shape index (κ1) is 14.2. The standard InChI is InChI=1S/C16H21N3O2/c1-20-14(10-17)9-15-18-16(19-21-15)13-7-6-11-4-2-3-5-12(11)8-13/h2-5,13-14H,6-10,17H2,1H3. The van der Waals surface area contributed by atoms with E-state index in [0.717, 1.165) is 25.1 Å². The van der Waals surface area contributed by atoms with E-state index in [1.54, 1.807) is 7.11 Å². The molecule has 21 heavy (non-hydrogen) atoms. The van der Waals surface area contributed by atoms with Gasteiger partial charge in [0.2, 0.25) is 5.89 Å². The van der Waals surface area contributed by atoms with Crippen LogP contribution in [-0.2, 0) is 24.0 Å². The molecule has 1 aromatic heterocycles. The zero-order valence-corrected chi connectivity index (χ0v) is 12.3. The molecule has 2 atom stereocenters. The Balaban J connectivity index is 1.70. The van der Waals surface area contributed by atoms with Crippen molar-refractivity contribution < 1.29 is 9.26 Å². The average Bonchev–Trinajstić information content (AvgIpc) is 3.00. The predicted molar refractivity (Wildman–Crippen MR) is 79.1 cm³/mol. The first-order valence-corrected chi connectivity index (χ1v) is 7.42. The van der Waals surface area contributed by atoms with Gasteiger partial charge in [-0.05, 0) is 30.4 Å². The van der Waals surface area contributed by atoms with E-state index >= 15 is 0 Å². The Bertz CT molecular complexity index is 593. The Hall–Kier alpha value is -1.72. The van der Waals surface area contributed by atoms with Gasteiger partial charge in [0.15, 0.2) is 5.82 Å². The maximum Gasteiger partial charge on any atom is 0.229 e. The minimum absolute atomic E-state index is 0.0645. The fraction of sp³-hybridized carbons (Fsp3) is 0.500. The summed E-state index contributed by atoms with van der Waals surface area (Å²) in [6.45, 7) is 0.449. The molecule has 0 bridgehead atoms. The van der Waals surface area contributed by atoms with Crippen molar-refractivity contribution in [1.29, 1.82) is 0 Å². The highest BCUT2D eigenvalue weighted by Gasteiger charge is 2.24. The largest absolute Gasteiger partial charge is 0.380 e. The van der Waals surface area contributed by atoms with Gasteiger partial charge in [0.1, 0.15) is 0 Å². The third-order valence-electron chi connectivity index (χ3n) is 4.19. The van der Waals surface area contributed by atoms with Gasteiger partial charge >= 0.3 is 0 Å². The van der Waals surface area contributed by atoms with Crippen LogP contribution in [-0.4, -0.2) is 29.9 Å². The number of hydrogen-bond acceptors (Lipinski definition) is 5. The number of nitrogens with zero attached hydrogens (tertiary/aromatic N) is 2. The first-order chi connectivity index (χ1) is 10.3. The number of methoxy groups -OCH3 is 1. The van der Waals surface area contributed by atoms with Gasteiger partial charge in [-0.15, -0.1) is 0 Å². The Morgan fingerprint density at radius 3 is 2.95 bits per heavy atom. The van der Waals surface area contributed by atoms with E-state index in [9.17, 15) is 0 Å². The molecule has 1 aromatic carbocycles. The van der Waals surface area contributed by atoms with Crippen LogP contribution in [0, 0.1) is 0 Å². The molecule has 0 fully saturated rings.